The van der Waals surface area contributed by atoms with Crippen LogP contribution in [0.15, 0.2) is 12.4 Å². The topological polar surface area (TPSA) is 55.9 Å². The predicted molar refractivity (Wildman–Crippen MR) is 69.8 cm³/mol. The second kappa shape index (κ2) is 5.30. The summed E-state index contributed by atoms with van der Waals surface area (Å²) in [7, 11) is 1.74. The summed E-state index contributed by atoms with van der Waals surface area (Å²) in [6.07, 6.45) is 2.98. The Morgan fingerprint density at radius 1 is 1.39 bits per heavy atom. The van der Waals surface area contributed by atoms with E-state index in [9.17, 15) is 5.11 Å². The molecule has 0 saturated carbocycles. The zero-order valence-electron chi connectivity index (χ0n) is 10.1. The van der Waals surface area contributed by atoms with Crippen molar-refractivity contribution in [3.05, 3.63) is 34.1 Å². The Morgan fingerprint density at radius 3 is 2.67 bits per heavy atom. The van der Waals surface area contributed by atoms with E-state index in [1.165, 1.54) is 12.4 Å². The fourth-order valence-electron chi connectivity index (χ4n) is 1.81. The fraction of sp³-hybridized carbons (Fsp3) is 0.455. The summed E-state index contributed by atoms with van der Waals surface area (Å²) in [5.41, 5.74) is 0.545. The molecule has 0 fully saturated rings. The van der Waals surface area contributed by atoms with Gasteiger partial charge < -0.3 is 9.67 Å². The number of nitrogens with zero attached hydrogens (tertiary/aromatic N) is 4. The molecular weight excluding hydrogens is 275 g/mol. The van der Waals surface area contributed by atoms with Crippen LogP contribution in [0.25, 0.3) is 0 Å². The van der Waals surface area contributed by atoms with Gasteiger partial charge in [0.05, 0.1) is 23.1 Å². The average Bonchev–Trinajstić information content (AvgIpc) is 2.85. The van der Waals surface area contributed by atoms with E-state index in [-0.39, 0.29) is 0 Å². The normalized spacial score (nSPS) is 12.9. The third-order valence-corrected chi connectivity index (χ3v) is 3.38. The van der Waals surface area contributed by atoms with E-state index in [4.69, 9.17) is 23.2 Å². The van der Waals surface area contributed by atoms with Crippen LogP contribution in [-0.4, -0.2) is 24.4 Å². The van der Waals surface area contributed by atoms with E-state index in [1.54, 1.807) is 16.3 Å². The molecule has 2 rings (SSSR count). The van der Waals surface area contributed by atoms with E-state index in [1.807, 2.05) is 6.92 Å². The Kier molecular flexibility index (Phi) is 3.94. The Morgan fingerprint density at radius 2 is 2.11 bits per heavy atom. The summed E-state index contributed by atoms with van der Waals surface area (Å²) in [6, 6.07) is 0. The Balaban J connectivity index is 2.42. The lowest BCUT2D eigenvalue weighted by molar-refractivity contribution is 0.194. The number of hydrogen-bond acceptors (Lipinski definition) is 3. The molecule has 2 aromatic heterocycles. The lowest BCUT2D eigenvalue weighted by Crippen LogP contribution is -2.14. The van der Waals surface area contributed by atoms with Gasteiger partial charge in [0.15, 0.2) is 6.10 Å². The number of hydrogen-bond donors (Lipinski definition) is 1. The van der Waals surface area contributed by atoms with Gasteiger partial charge >= 0.3 is 0 Å². The molecule has 0 aliphatic carbocycles. The lowest BCUT2D eigenvalue weighted by Gasteiger charge is -2.13. The maximum Gasteiger partial charge on any atom is 0.155 e. The molecule has 5 nitrogen and oxygen atoms in total. The highest BCUT2D eigenvalue weighted by Crippen LogP contribution is 2.28. The molecule has 7 heteroatoms. The molecule has 1 N–H and O–H groups in total. The minimum Gasteiger partial charge on any atom is -0.379 e. The summed E-state index contributed by atoms with van der Waals surface area (Å²) in [5, 5.41) is 15.4. The highest BCUT2D eigenvalue weighted by Gasteiger charge is 2.23. The maximum absolute atomic E-state index is 10.4. The number of aryl methyl sites for hydroxylation is 1. The van der Waals surface area contributed by atoms with Gasteiger partial charge in [0, 0.05) is 13.6 Å². The van der Waals surface area contributed by atoms with Crippen molar-refractivity contribution < 1.29 is 5.11 Å². The zero-order chi connectivity index (χ0) is 13.3. The first kappa shape index (κ1) is 13.4. The Bertz CT molecular complexity index is 549. The van der Waals surface area contributed by atoms with Crippen LogP contribution in [0.5, 0.6) is 0 Å². The van der Waals surface area contributed by atoms with Gasteiger partial charge in [0.25, 0.3) is 0 Å². The standard InChI is InChI=1S/C11H14Cl2N4O/c1-3-4-17-9(7(12)5-15-17)10(18)11-14-6-8(13)16(11)2/h5-6,10,18H,3-4H2,1-2H3. The van der Waals surface area contributed by atoms with Crippen molar-refractivity contribution in [1.82, 2.24) is 19.3 Å². The maximum atomic E-state index is 10.4. The molecule has 0 aliphatic heterocycles. The number of imidazole rings is 1. The fourth-order valence-corrected chi connectivity index (χ4v) is 2.19. The number of aromatic nitrogens is 4. The van der Waals surface area contributed by atoms with Crippen LogP contribution in [0, 0.1) is 0 Å². The molecule has 0 aromatic carbocycles. The molecule has 2 aromatic rings. The van der Waals surface area contributed by atoms with Crippen LogP contribution in [0.4, 0.5) is 0 Å². The van der Waals surface area contributed by atoms with Crippen LogP contribution in [-0.2, 0) is 13.6 Å². The molecule has 98 valence electrons. The summed E-state index contributed by atoms with van der Waals surface area (Å²) >= 11 is 12.0. The van der Waals surface area contributed by atoms with Crippen molar-refractivity contribution in [2.45, 2.75) is 26.0 Å². The molecule has 0 radical (unpaired) electrons. The van der Waals surface area contributed by atoms with Crippen LogP contribution in [0.2, 0.25) is 10.2 Å². The second-order valence-corrected chi connectivity index (χ2v) is 4.80. The van der Waals surface area contributed by atoms with Gasteiger partial charge in [-0.05, 0) is 6.42 Å². The van der Waals surface area contributed by atoms with Crippen molar-refractivity contribution in [3.8, 4) is 0 Å². The summed E-state index contributed by atoms with van der Waals surface area (Å²) in [6.45, 7) is 2.72. The number of rotatable bonds is 4. The van der Waals surface area contributed by atoms with Crippen LogP contribution in [0.1, 0.15) is 31.0 Å². The molecule has 2 heterocycles. The number of halogens is 2. The molecule has 1 unspecified atom stereocenters. The van der Waals surface area contributed by atoms with Gasteiger partial charge in [-0.3, -0.25) is 4.68 Å². The van der Waals surface area contributed by atoms with Crippen molar-refractivity contribution in [2.75, 3.05) is 0 Å². The highest BCUT2D eigenvalue weighted by molar-refractivity contribution is 6.31. The van der Waals surface area contributed by atoms with Gasteiger partial charge in [-0.15, -0.1) is 0 Å². The summed E-state index contributed by atoms with van der Waals surface area (Å²) in [4.78, 5) is 4.09. The quantitative estimate of drug-likeness (QED) is 0.940. The largest absolute Gasteiger partial charge is 0.379 e. The molecule has 0 amide bonds. The third kappa shape index (κ3) is 2.25. The second-order valence-electron chi connectivity index (χ2n) is 4.00. The van der Waals surface area contributed by atoms with Gasteiger partial charge in [-0.2, -0.15) is 5.10 Å². The first-order chi connectivity index (χ1) is 8.56. The van der Waals surface area contributed by atoms with Gasteiger partial charge in [0.2, 0.25) is 0 Å². The smallest absolute Gasteiger partial charge is 0.155 e. The molecular formula is C11H14Cl2N4O. The van der Waals surface area contributed by atoms with Crippen LogP contribution in [0.3, 0.4) is 0 Å². The van der Waals surface area contributed by atoms with Gasteiger partial charge in [-0.1, -0.05) is 30.1 Å². The molecule has 1 atom stereocenters. The van der Waals surface area contributed by atoms with Gasteiger partial charge in [0.1, 0.15) is 11.0 Å². The van der Waals surface area contributed by atoms with Crippen molar-refractivity contribution in [3.63, 3.8) is 0 Å². The van der Waals surface area contributed by atoms with E-state index in [0.717, 1.165) is 6.42 Å². The van der Waals surface area contributed by atoms with E-state index >= 15 is 0 Å². The Labute approximate surface area is 115 Å². The summed E-state index contributed by atoms with van der Waals surface area (Å²) in [5.74, 6) is 0.444. The highest BCUT2D eigenvalue weighted by atomic mass is 35.5. The molecule has 0 bridgehead atoms. The predicted octanol–water partition coefficient (Wildman–Crippen LogP) is 2.42. The monoisotopic (exact) mass is 288 g/mol. The molecule has 0 saturated heterocycles. The van der Waals surface area contributed by atoms with Crippen molar-refractivity contribution >= 4 is 23.2 Å². The minimum absolute atomic E-state index is 0.426. The third-order valence-electron chi connectivity index (χ3n) is 2.74. The molecule has 0 spiro atoms. The minimum atomic E-state index is -0.941. The zero-order valence-corrected chi connectivity index (χ0v) is 11.7. The van der Waals surface area contributed by atoms with Crippen molar-refractivity contribution in [2.24, 2.45) is 7.05 Å². The van der Waals surface area contributed by atoms with Crippen molar-refractivity contribution in [1.29, 1.82) is 0 Å². The number of aliphatic hydroxyl groups is 1. The first-order valence-corrected chi connectivity index (χ1v) is 6.38. The SMILES string of the molecule is CCCn1ncc(Cl)c1C(O)c1ncc(Cl)n1C. The molecule has 0 aliphatic rings. The first-order valence-electron chi connectivity index (χ1n) is 5.62. The Hall–Kier alpha value is -1.04. The lowest BCUT2D eigenvalue weighted by atomic mass is 10.2. The van der Waals surface area contributed by atoms with Crippen LogP contribution < -0.4 is 0 Å². The number of aliphatic hydroxyl groups excluding tert-OH is 1. The van der Waals surface area contributed by atoms with E-state index in [0.29, 0.717) is 28.2 Å². The van der Waals surface area contributed by atoms with Gasteiger partial charge in [-0.25, -0.2) is 4.98 Å². The van der Waals surface area contributed by atoms with Crippen LogP contribution >= 0.6 is 23.2 Å². The van der Waals surface area contributed by atoms with E-state index < -0.39 is 6.10 Å². The average molecular weight is 289 g/mol. The summed E-state index contributed by atoms with van der Waals surface area (Å²) < 4.78 is 3.31. The molecule has 18 heavy (non-hydrogen) atoms. The van der Waals surface area contributed by atoms with E-state index in [2.05, 4.69) is 10.1 Å².